The van der Waals surface area contributed by atoms with E-state index in [1.165, 1.54) is 0 Å². The molecule has 1 aromatic rings. The van der Waals surface area contributed by atoms with Crippen molar-refractivity contribution in [2.45, 2.75) is 45.7 Å². The van der Waals surface area contributed by atoms with Gasteiger partial charge in [-0.15, -0.1) is 17.5 Å². The van der Waals surface area contributed by atoms with Gasteiger partial charge >= 0.3 is 0 Å². The lowest BCUT2D eigenvalue weighted by molar-refractivity contribution is 0.0735. The summed E-state index contributed by atoms with van der Waals surface area (Å²) in [7, 11) is 0. The van der Waals surface area contributed by atoms with Gasteiger partial charge in [0.2, 0.25) is 0 Å². The number of aromatic nitrogens is 3. The Balaban J connectivity index is 0.00000200. The second-order valence-electron chi connectivity index (χ2n) is 5.58. The lowest BCUT2D eigenvalue weighted by Crippen LogP contribution is -2.40. The molecule has 2 heterocycles. The van der Waals surface area contributed by atoms with Crippen molar-refractivity contribution in [1.29, 1.82) is 0 Å². The van der Waals surface area contributed by atoms with Crippen LogP contribution in [0, 0.1) is 5.92 Å². The summed E-state index contributed by atoms with van der Waals surface area (Å²) in [5.74, 6) is 0.576. The summed E-state index contributed by atoms with van der Waals surface area (Å²) in [5.41, 5.74) is 6.13. The standard InChI is InChI=1S/C13H23N5O.ClH/c1-10(2)5-7-17-9-12(15-16-17)13(19)18-6-3-4-11(18)8-14;/h9-11H,3-8,14H2,1-2H3;1H. The lowest BCUT2D eigenvalue weighted by Gasteiger charge is -2.22. The maximum Gasteiger partial charge on any atom is 0.276 e. The Morgan fingerprint density at radius 2 is 2.30 bits per heavy atom. The molecule has 114 valence electrons. The Labute approximate surface area is 126 Å². The van der Waals surface area contributed by atoms with Crippen LogP contribution in [0.3, 0.4) is 0 Å². The Hall–Kier alpha value is -1.14. The van der Waals surface area contributed by atoms with Crippen LogP contribution in [-0.2, 0) is 6.54 Å². The zero-order chi connectivity index (χ0) is 13.8. The van der Waals surface area contributed by atoms with Crippen LogP contribution in [0.4, 0.5) is 0 Å². The van der Waals surface area contributed by atoms with Gasteiger partial charge in [0.1, 0.15) is 0 Å². The Morgan fingerprint density at radius 1 is 1.55 bits per heavy atom. The van der Waals surface area contributed by atoms with E-state index in [4.69, 9.17) is 5.73 Å². The van der Waals surface area contributed by atoms with E-state index in [-0.39, 0.29) is 24.4 Å². The third-order valence-corrected chi connectivity index (χ3v) is 3.60. The number of aryl methyl sites for hydroxylation is 1. The molecule has 2 N–H and O–H groups in total. The van der Waals surface area contributed by atoms with E-state index in [2.05, 4.69) is 24.2 Å². The zero-order valence-corrected chi connectivity index (χ0v) is 13.0. The molecule has 1 unspecified atom stereocenters. The second kappa shape index (κ2) is 7.59. The molecule has 7 heteroatoms. The number of likely N-dealkylation sites (tertiary alicyclic amines) is 1. The molecule has 1 fully saturated rings. The molecule has 0 spiro atoms. The molecule has 0 aliphatic carbocycles. The van der Waals surface area contributed by atoms with E-state index < -0.39 is 0 Å². The summed E-state index contributed by atoms with van der Waals surface area (Å²) >= 11 is 0. The van der Waals surface area contributed by atoms with Gasteiger partial charge in [-0.05, 0) is 25.2 Å². The maximum atomic E-state index is 12.3. The highest BCUT2D eigenvalue weighted by Crippen LogP contribution is 2.18. The fourth-order valence-corrected chi connectivity index (χ4v) is 2.39. The van der Waals surface area contributed by atoms with Crippen molar-refractivity contribution in [2.75, 3.05) is 13.1 Å². The van der Waals surface area contributed by atoms with Crippen molar-refractivity contribution in [3.8, 4) is 0 Å². The molecule has 1 saturated heterocycles. The van der Waals surface area contributed by atoms with Crippen LogP contribution in [0.2, 0.25) is 0 Å². The van der Waals surface area contributed by atoms with Gasteiger partial charge in [0.25, 0.3) is 5.91 Å². The summed E-state index contributed by atoms with van der Waals surface area (Å²) in [6.07, 6.45) is 4.79. The molecule has 1 aromatic heterocycles. The average molecular weight is 302 g/mol. The SMILES string of the molecule is CC(C)CCn1cc(C(=O)N2CCCC2CN)nn1.Cl. The average Bonchev–Trinajstić information content (AvgIpc) is 3.04. The van der Waals surface area contributed by atoms with Crippen molar-refractivity contribution >= 4 is 18.3 Å². The van der Waals surface area contributed by atoms with Crippen molar-refractivity contribution in [3.63, 3.8) is 0 Å². The number of carbonyl (C=O) groups excluding carboxylic acids is 1. The number of nitrogens with two attached hydrogens (primary N) is 1. The zero-order valence-electron chi connectivity index (χ0n) is 12.2. The summed E-state index contributed by atoms with van der Waals surface area (Å²) in [6, 6.07) is 0.160. The minimum atomic E-state index is -0.0382. The number of nitrogens with zero attached hydrogens (tertiary/aromatic N) is 4. The number of carbonyl (C=O) groups is 1. The maximum absolute atomic E-state index is 12.3. The predicted octanol–water partition coefficient (Wildman–Crippen LogP) is 1.31. The van der Waals surface area contributed by atoms with Crippen LogP contribution < -0.4 is 5.73 Å². The van der Waals surface area contributed by atoms with Crippen LogP contribution in [0.25, 0.3) is 0 Å². The molecular formula is C13H24ClN5O. The lowest BCUT2D eigenvalue weighted by atomic mass is 10.1. The van der Waals surface area contributed by atoms with Gasteiger partial charge in [-0.3, -0.25) is 9.48 Å². The van der Waals surface area contributed by atoms with Crippen molar-refractivity contribution in [2.24, 2.45) is 11.7 Å². The van der Waals surface area contributed by atoms with Crippen molar-refractivity contribution in [3.05, 3.63) is 11.9 Å². The highest BCUT2D eigenvalue weighted by Gasteiger charge is 2.29. The van der Waals surface area contributed by atoms with Crippen LogP contribution in [-0.4, -0.2) is 44.9 Å². The minimum Gasteiger partial charge on any atom is -0.333 e. The number of hydrogen-bond acceptors (Lipinski definition) is 4. The van der Waals surface area contributed by atoms with Crippen molar-refractivity contribution < 1.29 is 4.79 Å². The molecule has 0 radical (unpaired) electrons. The fourth-order valence-electron chi connectivity index (χ4n) is 2.39. The molecule has 2 rings (SSSR count). The normalized spacial score (nSPS) is 18.4. The third-order valence-electron chi connectivity index (χ3n) is 3.60. The van der Waals surface area contributed by atoms with Gasteiger partial charge in [0.15, 0.2) is 5.69 Å². The van der Waals surface area contributed by atoms with Gasteiger partial charge in [-0.25, -0.2) is 0 Å². The quantitative estimate of drug-likeness (QED) is 0.889. The molecule has 1 aliphatic heterocycles. The first kappa shape index (κ1) is 16.9. The number of amides is 1. The Bertz CT molecular complexity index is 434. The van der Waals surface area contributed by atoms with E-state index in [0.29, 0.717) is 18.2 Å². The van der Waals surface area contributed by atoms with E-state index in [1.807, 2.05) is 4.90 Å². The summed E-state index contributed by atoms with van der Waals surface area (Å²) < 4.78 is 1.75. The smallest absolute Gasteiger partial charge is 0.276 e. The molecule has 0 aromatic carbocycles. The van der Waals surface area contributed by atoms with Gasteiger partial charge in [-0.2, -0.15) is 0 Å². The fraction of sp³-hybridized carbons (Fsp3) is 0.769. The van der Waals surface area contributed by atoms with Gasteiger partial charge in [-0.1, -0.05) is 19.1 Å². The largest absolute Gasteiger partial charge is 0.333 e. The van der Waals surface area contributed by atoms with Crippen LogP contribution in [0.15, 0.2) is 6.20 Å². The Morgan fingerprint density at radius 3 is 2.95 bits per heavy atom. The molecular weight excluding hydrogens is 278 g/mol. The van der Waals surface area contributed by atoms with E-state index in [9.17, 15) is 4.79 Å². The molecule has 20 heavy (non-hydrogen) atoms. The molecule has 1 amide bonds. The van der Waals surface area contributed by atoms with Crippen LogP contribution >= 0.6 is 12.4 Å². The third kappa shape index (κ3) is 3.93. The molecule has 0 saturated carbocycles. The predicted molar refractivity (Wildman–Crippen MR) is 79.8 cm³/mol. The summed E-state index contributed by atoms with van der Waals surface area (Å²) in [6.45, 7) is 6.43. The second-order valence-corrected chi connectivity index (χ2v) is 5.58. The van der Waals surface area contributed by atoms with E-state index in [1.54, 1.807) is 10.9 Å². The number of rotatable bonds is 5. The summed E-state index contributed by atoms with van der Waals surface area (Å²) in [4.78, 5) is 14.2. The van der Waals surface area contributed by atoms with Gasteiger partial charge < -0.3 is 10.6 Å². The van der Waals surface area contributed by atoms with E-state index >= 15 is 0 Å². The van der Waals surface area contributed by atoms with Crippen LogP contribution in [0.5, 0.6) is 0 Å². The number of halogens is 1. The molecule has 1 atom stereocenters. The highest BCUT2D eigenvalue weighted by atomic mass is 35.5. The first-order chi connectivity index (χ1) is 9.11. The Kier molecular flexibility index (Phi) is 6.42. The number of hydrogen-bond donors (Lipinski definition) is 1. The molecule has 0 bridgehead atoms. The van der Waals surface area contributed by atoms with E-state index in [0.717, 1.165) is 32.4 Å². The monoisotopic (exact) mass is 301 g/mol. The topological polar surface area (TPSA) is 77.0 Å². The van der Waals surface area contributed by atoms with Gasteiger partial charge in [0.05, 0.1) is 6.20 Å². The van der Waals surface area contributed by atoms with Crippen molar-refractivity contribution in [1.82, 2.24) is 19.9 Å². The first-order valence-corrected chi connectivity index (χ1v) is 7.03. The molecule has 6 nitrogen and oxygen atoms in total. The van der Waals surface area contributed by atoms with Gasteiger partial charge in [0, 0.05) is 25.7 Å². The highest BCUT2D eigenvalue weighted by molar-refractivity contribution is 5.92. The molecule has 1 aliphatic rings. The summed E-state index contributed by atoms with van der Waals surface area (Å²) in [5, 5.41) is 8.01. The first-order valence-electron chi connectivity index (χ1n) is 7.03. The van der Waals surface area contributed by atoms with Crippen LogP contribution in [0.1, 0.15) is 43.6 Å². The minimum absolute atomic E-state index is 0.